The topological polar surface area (TPSA) is 105 Å². The number of nitro benzene ring substituents is 1. The molecule has 0 spiro atoms. The molecule has 136 valence electrons. The lowest BCUT2D eigenvalue weighted by molar-refractivity contribution is -0.385. The SMILES string of the molecule is O=C(N/N=C\c1cc([N+](=O)[O-])cc(I)c1O)c1cccc(C(F)(F)F)c1. The zero-order valence-corrected chi connectivity index (χ0v) is 14.8. The van der Waals surface area contributed by atoms with Gasteiger partial charge in [0.2, 0.25) is 0 Å². The van der Waals surface area contributed by atoms with E-state index < -0.39 is 22.6 Å². The van der Waals surface area contributed by atoms with Gasteiger partial charge in [-0.15, -0.1) is 0 Å². The van der Waals surface area contributed by atoms with Gasteiger partial charge in [-0.1, -0.05) is 6.07 Å². The monoisotopic (exact) mass is 479 g/mol. The minimum atomic E-state index is -4.59. The quantitative estimate of drug-likeness (QED) is 0.302. The second kappa shape index (κ2) is 7.68. The van der Waals surface area contributed by atoms with Crippen LogP contribution in [0.25, 0.3) is 0 Å². The Morgan fingerprint density at radius 3 is 2.62 bits per heavy atom. The normalized spacial score (nSPS) is 11.5. The summed E-state index contributed by atoms with van der Waals surface area (Å²) in [5.41, 5.74) is 0.418. The van der Waals surface area contributed by atoms with E-state index in [4.69, 9.17) is 0 Å². The van der Waals surface area contributed by atoms with Crippen molar-refractivity contribution in [2.75, 3.05) is 0 Å². The lowest BCUT2D eigenvalue weighted by atomic mass is 10.1. The summed E-state index contributed by atoms with van der Waals surface area (Å²) in [4.78, 5) is 22.0. The van der Waals surface area contributed by atoms with Crippen molar-refractivity contribution in [2.24, 2.45) is 5.10 Å². The van der Waals surface area contributed by atoms with Crippen LogP contribution in [0.2, 0.25) is 0 Å². The van der Waals surface area contributed by atoms with Gasteiger partial charge in [0.1, 0.15) is 5.75 Å². The standard InChI is InChI=1S/C15H9F3IN3O4/c16-15(17,18)10-3-1-2-8(4-10)14(24)21-20-7-9-5-11(22(25)26)6-12(19)13(9)23/h1-7,23H,(H,21,24)/b20-7-. The van der Waals surface area contributed by atoms with Gasteiger partial charge in [0.15, 0.2) is 0 Å². The lowest BCUT2D eigenvalue weighted by Crippen LogP contribution is -2.18. The Hall–Kier alpha value is -2.70. The van der Waals surface area contributed by atoms with Crippen LogP contribution < -0.4 is 5.43 Å². The number of hydrogen-bond donors (Lipinski definition) is 2. The molecule has 11 heteroatoms. The number of alkyl halides is 3. The van der Waals surface area contributed by atoms with Gasteiger partial charge < -0.3 is 5.11 Å². The fourth-order valence-corrected chi connectivity index (χ4v) is 2.50. The van der Waals surface area contributed by atoms with Crippen LogP contribution in [-0.4, -0.2) is 22.2 Å². The number of carbonyl (C=O) groups excluding carboxylic acids is 1. The van der Waals surface area contributed by atoms with Gasteiger partial charge in [-0.2, -0.15) is 18.3 Å². The third-order valence-electron chi connectivity index (χ3n) is 3.11. The Balaban J connectivity index is 2.19. The summed E-state index contributed by atoms with van der Waals surface area (Å²) < 4.78 is 38.1. The van der Waals surface area contributed by atoms with Gasteiger partial charge in [0, 0.05) is 23.3 Å². The number of phenolic OH excluding ortho intramolecular Hbond substituents is 1. The van der Waals surface area contributed by atoms with E-state index in [9.17, 15) is 33.2 Å². The fraction of sp³-hybridized carbons (Fsp3) is 0.0667. The highest BCUT2D eigenvalue weighted by molar-refractivity contribution is 14.1. The van der Waals surface area contributed by atoms with E-state index >= 15 is 0 Å². The van der Waals surface area contributed by atoms with E-state index in [0.29, 0.717) is 6.07 Å². The molecule has 0 heterocycles. The van der Waals surface area contributed by atoms with Crippen molar-refractivity contribution in [1.82, 2.24) is 5.43 Å². The molecule has 0 aliphatic heterocycles. The molecule has 0 fully saturated rings. The number of aromatic hydroxyl groups is 1. The summed E-state index contributed by atoms with van der Waals surface area (Å²) in [6.45, 7) is 0. The number of hydrazone groups is 1. The van der Waals surface area contributed by atoms with Gasteiger partial charge in [-0.05, 0) is 40.8 Å². The molecule has 0 unspecified atom stereocenters. The van der Waals surface area contributed by atoms with Gasteiger partial charge >= 0.3 is 6.18 Å². The maximum Gasteiger partial charge on any atom is 0.416 e. The molecule has 7 nitrogen and oxygen atoms in total. The van der Waals surface area contributed by atoms with Gasteiger partial charge in [-0.25, -0.2) is 5.43 Å². The Morgan fingerprint density at radius 2 is 2.00 bits per heavy atom. The second-order valence-electron chi connectivity index (χ2n) is 4.90. The summed E-state index contributed by atoms with van der Waals surface area (Å²) in [6, 6.07) is 5.93. The Kier molecular flexibility index (Phi) is 5.79. The number of amides is 1. The van der Waals surface area contributed by atoms with Crippen molar-refractivity contribution in [3.63, 3.8) is 0 Å². The highest BCUT2D eigenvalue weighted by Crippen LogP contribution is 2.30. The molecule has 0 saturated carbocycles. The first-order valence-corrected chi connectivity index (χ1v) is 7.85. The van der Waals surface area contributed by atoms with Crippen molar-refractivity contribution in [2.45, 2.75) is 6.18 Å². The molecule has 2 aromatic rings. The summed E-state index contributed by atoms with van der Waals surface area (Å²) in [7, 11) is 0. The van der Waals surface area contributed by atoms with Crippen LogP contribution in [0.3, 0.4) is 0 Å². The molecule has 0 saturated heterocycles. The number of rotatable bonds is 4. The molecule has 0 aliphatic carbocycles. The number of phenols is 1. The Labute approximate surface area is 157 Å². The first-order valence-electron chi connectivity index (χ1n) is 6.77. The summed E-state index contributed by atoms with van der Waals surface area (Å²) in [5.74, 6) is -1.19. The molecule has 0 atom stereocenters. The number of benzene rings is 2. The molecule has 0 aliphatic rings. The third kappa shape index (κ3) is 4.68. The largest absolute Gasteiger partial charge is 0.506 e. The van der Waals surface area contributed by atoms with Crippen molar-refractivity contribution in [3.8, 4) is 5.75 Å². The summed E-state index contributed by atoms with van der Waals surface area (Å²) in [6.07, 6.45) is -3.64. The molecule has 2 aromatic carbocycles. The molecule has 1 amide bonds. The Morgan fingerprint density at radius 1 is 1.31 bits per heavy atom. The molecule has 26 heavy (non-hydrogen) atoms. The number of hydrogen-bond acceptors (Lipinski definition) is 5. The van der Waals surface area contributed by atoms with E-state index in [2.05, 4.69) is 5.10 Å². The molecule has 0 radical (unpaired) electrons. The molecule has 0 bridgehead atoms. The van der Waals surface area contributed by atoms with E-state index in [0.717, 1.165) is 30.5 Å². The lowest BCUT2D eigenvalue weighted by Gasteiger charge is -2.07. The number of carbonyl (C=O) groups is 1. The van der Waals surface area contributed by atoms with Gasteiger partial charge in [0.05, 0.1) is 20.3 Å². The van der Waals surface area contributed by atoms with Crippen molar-refractivity contribution >= 4 is 40.4 Å². The maximum absolute atomic E-state index is 12.6. The van der Waals surface area contributed by atoms with E-state index in [1.807, 2.05) is 5.43 Å². The predicted octanol–water partition coefficient (Wildman–Crippen LogP) is 3.69. The van der Waals surface area contributed by atoms with E-state index in [1.54, 1.807) is 22.6 Å². The highest BCUT2D eigenvalue weighted by atomic mass is 127. The minimum Gasteiger partial charge on any atom is -0.506 e. The van der Waals surface area contributed by atoms with Crippen LogP contribution in [-0.2, 0) is 6.18 Å². The van der Waals surface area contributed by atoms with E-state index in [-0.39, 0.29) is 26.1 Å². The van der Waals surface area contributed by atoms with Crippen LogP contribution in [0.15, 0.2) is 41.5 Å². The van der Waals surface area contributed by atoms with Crippen LogP contribution in [0.5, 0.6) is 5.75 Å². The number of nitrogens with one attached hydrogen (secondary N) is 1. The number of nitrogens with zero attached hydrogens (tertiary/aromatic N) is 2. The van der Waals surface area contributed by atoms with E-state index in [1.165, 1.54) is 6.07 Å². The van der Waals surface area contributed by atoms with Crippen molar-refractivity contribution in [3.05, 3.63) is 66.8 Å². The average molecular weight is 479 g/mol. The maximum atomic E-state index is 12.6. The van der Waals surface area contributed by atoms with Crippen LogP contribution in [0, 0.1) is 13.7 Å². The highest BCUT2D eigenvalue weighted by Gasteiger charge is 2.30. The van der Waals surface area contributed by atoms with Crippen molar-refractivity contribution in [1.29, 1.82) is 0 Å². The summed E-state index contributed by atoms with van der Waals surface area (Å²) >= 11 is 1.68. The number of non-ortho nitro benzene ring substituents is 1. The summed E-state index contributed by atoms with van der Waals surface area (Å²) in [5, 5.41) is 24.2. The predicted molar refractivity (Wildman–Crippen MR) is 94.0 cm³/mol. The smallest absolute Gasteiger partial charge is 0.416 e. The van der Waals surface area contributed by atoms with Gasteiger partial charge in [-0.3, -0.25) is 14.9 Å². The van der Waals surface area contributed by atoms with Gasteiger partial charge in [0.25, 0.3) is 11.6 Å². The van der Waals surface area contributed by atoms with Crippen LogP contribution in [0.4, 0.5) is 18.9 Å². The fourth-order valence-electron chi connectivity index (χ4n) is 1.87. The molecule has 2 N–H and O–H groups in total. The average Bonchev–Trinajstić information content (AvgIpc) is 2.57. The zero-order valence-electron chi connectivity index (χ0n) is 12.6. The zero-order chi connectivity index (χ0) is 19.5. The first-order chi connectivity index (χ1) is 12.1. The molecular weight excluding hydrogens is 470 g/mol. The molecule has 2 rings (SSSR count). The van der Waals surface area contributed by atoms with Crippen molar-refractivity contribution < 1.29 is 28.0 Å². The number of halogens is 4. The molecular formula is C15H9F3IN3O4. The number of nitro groups is 1. The Bertz CT molecular complexity index is 900. The second-order valence-corrected chi connectivity index (χ2v) is 6.06. The third-order valence-corrected chi connectivity index (χ3v) is 3.93. The minimum absolute atomic E-state index is 0.0343. The van der Waals surface area contributed by atoms with Crippen LogP contribution >= 0.6 is 22.6 Å². The first kappa shape index (κ1) is 19.6. The van der Waals surface area contributed by atoms with Crippen LogP contribution in [0.1, 0.15) is 21.5 Å². The molecule has 0 aromatic heterocycles.